The molecule has 40 heavy (non-hydrogen) atoms. The van der Waals surface area contributed by atoms with E-state index in [9.17, 15) is 0 Å². The summed E-state index contributed by atoms with van der Waals surface area (Å²) in [5.41, 5.74) is 0. The summed E-state index contributed by atoms with van der Waals surface area (Å²) in [6.45, 7) is 9.49. The minimum absolute atomic E-state index is 0.633. The highest BCUT2D eigenvalue weighted by atomic mass is 15.4. The lowest BCUT2D eigenvalue weighted by Crippen LogP contribution is -2.39. The van der Waals surface area contributed by atoms with E-state index < -0.39 is 0 Å². The molecule has 0 N–H and O–H groups in total. The number of nitrogens with zero attached hydrogens (tertiary/aromatic N) is 2. The molecule has 0 aliphatic carbocycles. The van der Waals surface area contributed by atoms with Crippen molar-refractivity contribution in [3.05, 3.63) is 12.4 Å². The van der Waals surface area contributed by atoms with Gasteiger partial charge in [-0.3, -0.25) is 0 Å². The molecular formula is C38H76N2. The Hall–Kier alpha value is -0.660. The third-order valence-corrected chi connectivity index (χ3v) is 9.30. The van der Waals surface area contributed by atoms with Crippen LogP contribution in [0.15, 0.2) is 12.4 Å². The topological polar surface area (TPSA) is 6.48 Å². The van der Waals surface area contributed by atoms with Crippen LogP contribution < -0.4 is 0 Å². The smallest absolute Gasteiger partial charge is 0.101 e. The molecule has 0 aromatic rings. The van der Waals surface area contributed by atoms with Gasteiger partial charge in [0.2, 0.25) is 0 Å². The van der Waals surface area contributed by atoms with Gasteiger partial charge in [-0.25, -0.2) is 0 Å². The maximum Gasteiger partial charge on any atom is 0.101 e. The van der Waals surface area contributed by atoms with Gasteiger partial charge in [-0.05, 0) is 19.3 Å². The van der Waals surface area contributed by atoms with E-state index in [-0.39, 0.29) is 0 Å². The Morgan fingerprint density at radius 2 is 0.575 bits per heavy atom. The average Bonchev–Trinajstić information content (AvgIpc) is 3.34. The molecule has 0 fully saturated rings. The number of rotatable bonds is 32. The van der Waals surface area contributed by atoms with E-state index in [4.69, 9.17) is 0 Å². The second-order valence-electron chi connectivity index (χ2n) is 13.2. The van der Waals surface area contributed by atoms with Crippen LogP contribution in [0.2, 0.25) is 0 Å². The quantitative estimate of drug-likeness (QED) is 0.0755. The maximum atomic E-state index is 2.66. The molecule has 1 atom stereocenters. The zero-order valence-electron chi connectivity index (χ0n) is 28.3. The summed E-state index contributed by atoms with van der Waals surface area (Å²) < 4.78 is 0. The van der Waals surface area contributed by atoms with E-state index in [1.54, 1.807) is 0 Å². The van der Waals surface area contributed by atoms with Crippen LogP contribution in [0.1, 0.15) is 213 Å². The zero-order chi connectivity index (χ0) is 28.8. The molecule has 1 rings (SSSR count). The summed E-state index contributed by atoms with van der Waals surface area (Å²) in [5.74, 6) is 0. The largest absolute Gasteiger partial charge is 0.356 e. The van der Waals surface area contributed by atoms with Crippen LogP contribution in [0, 0.1) is 0 Å². The van der Waals surface area contributed by atoms with Crippen molar-refractivity contribution in [2.45, 2.75) is 220 Å². The van der Waals surface area contributed by atoms with E-state index in [0.717, 1.165) is 0 Å². The lowest BCUT2D eigenvalue weighted by Gasteiger charge is -2.33. The van der Waals surface area contributed by atoms with Crippen LogP contribution in [0.3, 0.4) is 0 Å². The van der Waals surface area contributed by atoms with Gasteiger partial charge < -0.3 is 9.80 Å². The van der Waals surface area contributed by atoms with Crippen LogP contribution in [-0.2, 0) is 0 Å². The first-order valence-corrected chi connectivity index (χ1v) is 19.0. The van der Waals surface area contributed by atoms with Crippen molar-refractivity contribution in [3.8, 4) is 0 Å². The van der Waals surface area contributed by atoms with Crippen molar-refractivity contribution in [3.63, 3.8) is 0 Å². The van der Waals surface area contributed by atoms with Crippen LogP contribution in [0.4, 0.5) is 0 Å². The van der Waals surface area contributed by atoms with E-state index in [1.165, 1.54) is 206 Å². The molecule has 0 amide bonds. The van der Waals surface area contributed by atoms with Crippen LogP contribution in [0.5, 0.6) is 0 Å². The normalized spacial score (nSPS) is 15.1. The average molecular weight is 561 g/mol. The van der Waals surface area contributed by atoms with Gasteiger partial charge in [-0.2, -0.15) is 0 Å². The first-order chi connectivity index (χ1) is 19.8. The van der Waals surface area contributed by atoms with Crippen molar-refractivity contribution in [2.75, 3.05) is 13.1 Å². The molecular weight excluding hydrogens is 484 g/mol. The van der Waals surface area contributed by atoms with E-state index in [0.29, 0.717) is 6.17 Å². The lowest BCUT2D eigenvalue weighted by molar-refractivity contribution is 0.138. The molecule has 238 valence electrons. The van der Waals surface area contributed by atoms with Crippen LogP contribution in [-0.4, -0.2) is 29.1 Å². The van der Waals surface area contributed by atoms with Gasteiger partial charge in [0.25, 0.3) is 0 Å². The molecule has 0 aromatic carbocycles. The predicted octanol–water partition coefficient (Wildman–Crippen LogP) is 13.2. The number of unbranched alkanes of at least 4 members (excludes halogenated alkanes) is 26. The minimum Gasteiger partial charge on any atom is -0.356 e. The summed E-state index contributed by atoms with van der Waals surface area (Å²) in [6, 6.07) is 0. The van der Waals surface area contributed by atoms with Crippen molar-refractivity contribution >= 4 is 0 Å². The third kappa shape index (κ3) is 22.0. The predicted molar refractivity (Wildman–Crippen MR) is 182 cm³/mol. The maximum absolute atomic E-state index is 2.66. The fourth-order valence-electron chi connectivity index (χ4n) is 6.58. The van der Waals surface area contributed by atoms with Gasteiger partial charge in [0.05, 0.1) is 0 Å². The van der Waals surface area contributed by atoms with Gasteiger partial charge in [0, 0.05) is 25.5 Å². The Labute approximate surface area is 254 Å². The van der Waals surface area contributed by atoms with E-state index in [2.05, 4.69) is 43.0 Å². The summed E-state index contributed by atoms with van der Waals surface area (Å²) in [7, 11) is 0. The first kappa shape index (κ1) is 37.4. The summed E-state index contributed by atoms with van der Waals surface area (Å²) >= 11 is 0. The van der Waals surface area contributed by atoms with Crippen molar-refractivity contribution in [1.29, 1.82) is 0 Å². The number of hydrogen-bond acceptors (Lipinski definition) is 2. The SMILES string of the molecule is CCCCCCCCCCCCCCCCCCCN1C=CN(CCCCCCCCCCCCC)C1CCC. The van der Waals surface area contributed by atoms with E-state index in [1.807, 2.05) is 0 Å². The third-order valence-electron chi connectivity index (χ3n) is 9.30. The molecule has 1 aliphatic heterocycles. The molecule has 2 heteroatoms. The molecule has 0 saturated heterocycles. The highest BCUT2D eigenvalue weighted by Gasteiger charge is 2.24. The minimum atomic E-state index is 0.633. The monoisotopic (exact) mass is 561 g/mol. The summed E-state index contributed by atoms with van der Waals surface area (Å²) in [6.07, 6.45) is 48.5. The van der Waals surface area contributed by atoms with Crippen molar-refractivity contribution in [2.24, 2.45) is 0 Å². The second-order valence-corrected chi connectivity index (χ2v) is 13.2. The summed E-state index contributed by atoms with van der Waals surface area (Å²) in [4.78, 5) is 5.32. The fraction of sp³-hybridized carbons (Fsp3) is 0.947. The molecule has 0 radical (unpaired) electrons. The van der Waals surface area contributed by atoms with Crippen molar-refractivity contribution < 1.29 is 0 Å². The van der Waals surface area contributed by atoms with Crippen LogP contribution >= 0.6 is 0 Å². The molecule has 2 nitrogen and oxygen atoms in total. The van der Waals surface area contributed by atoms with Gasteiger partial charge >= 0.3 is 0 Å². The van der Waals surface area contributed by atoms with Gasteiger partial charge in [0.15, 0.2) is 0 Å². The zero-order valence-corrected chi connectivity index (χ0v) is 28.3. The Morgan fingerprint density at radius 1 is 0.325 bits per heavy atom. The second kappa shape index (κ2) is 29.8. The molecule has 0 spiro atoms. The van der Waals surface area contributed by atoms with E-state index >= 15 is 0 Å². The molecule has 0 saturated carbocycles. The Bertz CT molecular complexity index is 516. The Morgan fingerprint density at radius 3 is 0.825 bits per heavy atom. The molecule has 1 aliphatic rings. The molecule has 0 bridgehead atoms. The molecule has 1 unspecified atom stereocenters. The van der Waals surface area contributed by atoms with Gasteiger partial charge in [-0.15, -0.1) is 0 Å². The molecule has 1 heterocycles. The van der Waals surface area contributed by atoms with Gasteiger partial charge in [0.1, 0.15) is 6.17 Å². The lowest BCUT2D eigenvalue weighted by atomic mass is 10.0. The highest BCUT2D eigenvalue weighted by Crippen LogP contribution is 2.22. The van der Waals surface area contributed by atoms with Gasteiger partial charge in [-0.1, -0.05) is 194 Å². The highest BCUT2D eigenvalue weighted by molar-refractivity contribution is 4.96. The summed E-state index contributed by atoms with van der Waals surface area (Å²) in [5, 5.41) is 0. The Balaban J connectivity index is 1.93. The standard InChI is InChI=1S/C38H76N2/c1-4-7-9-11-13-15-17-18-19-20-21-22-24-26-28-30-32-35-40-37-36-39(38(40)33-6-3)34-31-29-27-25-23-16-14-12-10-8-5-2/h36-38H,4-35H2,1-3H3. The van der Waals surface area contributed by atoms with Crippen molar-refractivity contribution in [1.82, 2.24) is 9.80 Å². The first-order valence-electron chi connectivity index (χ1n) is 19.0. The fourth-order valence-corrected chi connectivity index (χ4v) is 6.58. The molecule has 0 aromatic heterocycles. The Kier molecular flexibility index (Phi) is 27.9. The van der Waals surface area contributed by atoms with Crippen LogP contribution in [0.25, 0.3) is 0 Å². The number of hydrogen-bond donors (Lipinski definition) is 0.